The monoisotopic (exact) mass is 242 g/mol. The Balaban J connectivity index is 0.000000437. The normalized spacial score (nSPS) is 11.0. The Morgan fingerprint density at radius 1 is 1.12 bits per heavy atom. The van der Waals surface area contributed by atoms with Gasteiger partial charge in [0.25, 0.3) is 0 Å². The summed E-state index contributed by atoms with van der Waals surface area (Å²) in [6.07, 6.45) is -0.560. The zero-order chi connectivity index (χ0) is 13.4. The van der Waals surface area contributed by atoms with E-state index in [1.54, 1.807) is 0 Å². The van der Waals surface area contributed by atoms with Crippen LogP contribution in [-0.4, -0.2) is 45.1 Å². The maximum atomic E-state index is 10.5. The van der Waals surface area contributed by atoms with E-state index in [1.165, 1.54) is 31.2 Å². The molecule has 0 heterocycles. The third-order valence-electron chi connectivity index (χ3n) is 1.65. The number of benzene rings is 1. The molecule has 1 unspecified atom stereocenters. The molecule has 0 aliphatic rings. The zero-order valence-corrected chi connectivity index (χ0v) is 9.20. The minimum Gasteiger partial charge on any atom is -0.478 e. The molecule has 1 rings (SSSR count). The van der Waals surface area contributed by atoms with Crippen LogP contribution in [0.15, 0.2) is 24.3 Å². The van der Waals surface area contributed by atoms with Crippen molar-refractivity contribution in [2.24, 2.45) is 0 Å². The van der Waals surface area contributed by atoms with Crippen molar-refractivity contribution in [3.05, 3.63) is 35.4 Å². The Labute approximate surface area is 97.8 Å². The minimum absolute atomic E-state index is 0.139. The number of hydrogen-bond acceptors (Lipinski definition) is 4. The minimum atomic E-state index is -1.23. The quantitative estimate of drug-likeness (QED) is 0.611. The summed E-state index contributed by atoms with van der Waals surface area (Å²) < 4.78 is 0. The van der Waals surface area contributed by atoms with Crippen molar-refractivity contribution in [3.8, 4) is 0 Å². The van der Waals surface area contributed by atoms with Crippen LogP contribution in [-0.2, 0) is 0 Å². The van der Waals surface area contributed by atoms with Gasteiger partial charge in [0.15, 0.2) is 0 Å². The SMILES string of the molecule is CC(O)CO.O=C(O)c1ccccc1C(=O)O. The zero-order valence-electron chi connectivity index (χ0n) is 9.20. The molecule has 0 radical (unpaired) electrons. The molecule has 0 saturated heterocycles. The van der Waals surface area contributed by atoms with Gasteiger partial charge in [-0.05, 0) is 19.1 Å². The van der Waals surface area contributed by atoms with Crippen molar-refractivity contribution in [1.82, 2.24) is 0 Å². The highest BCUT2D eigenvalue weighted by atomic mass is 16.4. The summed E-state index contributed by atoms with van der Waals surface area (Å²) in [5, 5.41) is 33.1. The van der Waals surface area contributed by atoms with Crippen LogP contribution < -0.4 is 0 Å². The molecule has 1 aromatic rings. The second kappa shape index (κ2) is 7.37. The third-order valence-corrected chi connectivity index (χ3v) is 1.65. The summed E-state index contributed by atoms with van der Waals surface area (Å²) in [5.74, 6) is -2.46. The van der Waals surface area contributed by atoms with E-state index in [4.69, 9.17) is 20.4 Å². The van der Waals surface area contributed by atoms with Gasteiger partial charge in [-0.25, -0.2) is 9.59 Å². The molecule has 0 spiro atoms. The van der Waals surface area contributed by atoms with E-state index in [2.05, 4.69) is 0 Å². The molecular weight excluding hydrogens is 228 g/mol. The lowest BCUT2D eigenvalue weighted by Gasteiger charge is -1.98. The molecule has 0 aliphatic heterocycles. The largest absolute Gasteiger partial charge is 0.478 e. The number of aliphatic hydroxyl groups is 2. The fourth-order valence-corrected chi connectivity index (χ4v) is 0.856. The van der Waals surface area contributed by atoms with Crippen LogP contribution in [0.2, 0.25) is 0 Å². The average Bonchev–Trinajstić information content (AvgIpc) is 2.29. The molecule has 1 aromatic carbocycles. The topological polar surface area (TPSA) is 115 Å². The molecule has 0 bridgehead atoms. The molecule has 6 nitrogen and oxygen atoms in total. The molecule has 1 atom stereocenters. The van der Waals surface area contributed by atoms with Gasteiger partial charge in [0, 0.05) is 0 Å². The molecule has 0 aliphatic carbocycles. The van der Waals surface area contributed by atoms with Crippen molar-refractivity contribution in [3.63, 3.8) is 0 Å². The second-order valence-corrected chi connectivity index (χ2v) is 3.19. The highest BCUT2D eigenvalue weighted by Gasteiger charge is 2.13. The number of carboxylic acid groups (broad SMARTS) is 2. The van der Waals surface area contributed by atoms with Crippen LogP contribution in [0.4, 0.5) is 0 Å². The lowest BCUT2D eigenvalue weighted by molar-refractivity contribution is 0.0651. The van der Waals surface area contributed by atoms with E-state index in [9.17, 15) is 9.59 Å². The van der Waals surface area contributed by atoms with Crippen LogP contribution in [0, 0.1) is 0 Å². The molecule has 94 valence electrons. The van der Waals surface area contributed by atoms with Gasteiger partial charge in [0.2, 0.25) is 0 Å². The van der Waals surface area contributed by atoms with Gasteiger partial charge < -0.3 is 20.4 Å². The second-order valence-electron chi connectivity index (χ2n) is 3.19. The summed E-state index contributed by atoms with van der Waals surface area (Å²) in [5.41, 5.74) is -0.380. The Morgan fingerprint density at radius 2 is 1.41 bits per heavy atom. The van der Waals surface area contributed by atoms with Gasteiger partial charge in [0.1, 0.15) is 0 Å². The standard InChI is InChI=1S/C8H6O4.C3H8O2/c9-7(10)5-3-1-2-4-6(5)8(11)12;1-3(5)2-4/h1-4H,(H,9,10)(H,11,12);3-5H,2H2,1H3. The number of carbonyl (C=O) groups is 2. The third kappa shape index (κ3) is 5.64. The first kappa shape index (κ1) is 15.1. The number of carboxylic acids is 2. The molecule has 0 fully saturated rings. The maximum absolute atomic E-state index is 10.5. The Bertz CT molecular complexity index is 352. The van der Waals surface area contributed by atoms with Gasteiger partial charge in [-0.1, -0.05) is 12.1 Å². The lowest BCUT2D eigenvalue weighted by Crippen LogP contribution is -2.06. The van der Waals surface area contributed by atoms with Crippen molar-refractivity contribution in [1.29, 1.82) is 0 Å². The first-order valence-electron chi connectivity index (χ1n) is 4.74. The summed E-state index contributed by atoms with van der Waals surface area (Å²) in [6.45, 7) is 1.39. The van der Waals surface area contributed by atoms with Gasteiger partial charge in [-0.2, -0.15) is 0 Å². The van der Waals surface area contributed by atoms with Crippen LogP contribution in [0.3, 0.4) is 0 Å². The molecule has 0 saturated carbocycles. The first-order chi connectivity index (χ1) is 7.90. The van der Waals surface area contributed by atoms with Crippen molar-refractivity contribution >= 4 is 11.9 Å². The van der Waals surface area contributed by atoms with E-state index in [-0.39, 0.29) is 17.7 Å². The van der Waals surface area contributed by atoms with Gasteiger partial charge in [0.05, 0.1) is 23.8 Å². The lowest BCUT2D eigenvalue weighted by atomic mass is 10.1. The van der Waals surface area contributed by atoms with Gasteiger partial charge in [-0.15, -0.1) is 0 Å². The molecule has 6 heteroatoms. The highest BCUT2D eigenvalue weighted by Crippen LogP contribution is 2.07. The van der Waals surface area contributed by atoms with Crippen LogP contribution in [0.5, 0.6) is 0 Å². The molecule has 4 N–H and O–H groups in total. The molecule has 17 heavy (non-hydrogen) atoms. The summed E-state index contributed by atoms with van der Waals surface area (Å²) in [4.78, 5) is 20.9. The predicted octanol–water partition coefficient (Wildman–Crippen LogP) is 0.443. The highest BCUT2D eigenvalue weighted by molar-refractivity contribution is 6.01. The summed E-state index contributed by atoms with van der Waals surface area (Å²) in [6, 6.07) is 5.48. The van der Waals surface area contributed by atoms with Gasteiger partial charge in [-0.3, -0.25) is 0 Å². The fraction of sp³-hybridized carbons (Fsp3) is 0.273. The molecular formula is C11H14O6. The Kier molecular flexibility index (Phi) is 6.54. The Hall–Kier alpha value is -1.92. The smallest absolute Gasteiger partial charge is 0.336 e. The van der Waals surface area contributed by atoms with Crippen LogP contribution >= 0.6 is 0 Å². The summed E-state index contributed by atoms with van der Waals surface area (Å²) >= 11 is 0. The van der Waals surface area contributed by atoms with Gasteiger partial charge >= 0.3 is 11.9 Å². The average molecular weight is 242 g/mol. The summed E-state index contributed by atoms with van der Waals surface area (Å²) in [7, 11) is 0. The van der Waals surface area contributed by atoms with E-state index in [1.807, 2.05) is 0 Å². The Morgan fingerprint density at radius 3 is 1.59 bits per heavy atom. The first-order valence-corrected chi connectivity index (χ1v) is 4.74. The maximum Gasteiger partial charge on any atom is 0.336 e. The molecule has 0 amide bonds. The fourth-order valence-electron chi connectivity index (χ4n) is 0.856. The number of aromatic carboxylic acids is 2. The van der Waals surface area contributed by atoms with Crippen molar-refractivity contribution in [2.45, 2.75) is 13.0 Å². The van der Waals surface area contributed by atoms with Crippen LogP contribution in [0.25, 0.3) is 0 Å². The van der Waals surface area contributed by atoms with E-state index >= 15 is 0 Å². The predicted molar refractivity (Wildman–Crippen MR) is 59.1 cm³/mol. The van der Waals surface area contributed by atoms with E-state index < -0.39 is 18.0 Å². The van der Waals surface area contributed by atoms with Crippen molar-refractivity contribution in [2.75, 3.05) is 6.61 Å². The van der Waals surface area contributed by atoms with E-state index in [0.717, 1.165) is 0 Å². The number of aliphatic hydroxyl groups excluding tert-OH is 2. The van der Waals surface area contributed by atoms with E-state index in [0.29, 0.717) is 0 Å². The van der Waals surface area contributed by atoms with Crippen LogP contribution in [0.1, 0.15) is 27.6 Å². The molecule has 0 aromatic heterocycles. The number of hydrogen-bond donors (Lipinski definition) is 4. The number of rotatable bonds is 3. The van der Waals surface area contributed by atoms with Crippen molar-refractivity contribution < 1.29 is 30.0 Å².